The summed E-state index contributed by atoms with van der Waals surface area (Å²) < 4.78 is 1.84. The van der Waals surface area contributed by atoms with E-state index in [0.29, 0.717) is 10.6 Å². The van der Waals surface area contributed by atoms with E-state index in [1.54, 1.807) is 25.1 Å². The predicted molar refractivity (Wildman–Crippen MR) is 127 cm³/mol. The summed E-state index contributed by atoms with van der Waals surface area (Å²) in [6.45, 7) is 1.69. The first-order chi connectivity index (χ1) is 15.4. The van der Waals surface area contributed by atoms with Crippen molar-refractivity contribution >= 4 is 34.3 Å². The molecule has 2 heterocycles. The Labute approximate surface area is 193 Å². The average molecular weight is 450 g/mol. The van der Waals surface area contributed by atoms with Crippen LogP contribution in [0.5, 0.6) is 0 Å². The summed E-state index contributed by atoms with van der Waals surface area (Å²) in [5.74, 6) is 0.00944. The molecule has 0 radical (unpaired) electrons. The molecule has 2 aliphatic rings. The molecule has 0 N–H and O–H groups in total. The number of aryl methyl sites for hydroxylation is 1. The monoisotopic (exact) mass is 449 g/mol. The number of amides is 2. The number of likely N-dealkylation sites (N-methyl/N-ethyl adjacent to an activating group) is 1. The van der Waals surface area contributed by atoms with E-state index in [1.807, 2.05) is 27.8 Å². The molecule has 0 unspecified atom stereocenters. The number of carbonyl (C=O) groups excluding carboxylic acids is 2. The number of nitrogens with zero attached hydrogens (tertiary/aromatic N) is 3. The molecule has 32 heavy (non-hydrogen) atoms. The van der Waals surface area contributed by atoms with E-state index in [1.165, 1.54) is 17.5 Å². The van der Waals surface area contributed by atoms with Crippen LogP contribution in [-0.4, -0.2) is 53.4 Å². The standard InChI is InChI=1S/C26H28ClN3O2/c1-28(2)24(31)17-30-16-21(20-8-7-19(27)15-23(20)30)25(32)29-13-11-26(12-14-29)10-9-18-5-3-4-6-22(18)26/h3-8,15-16H,9-14,17H2,1-2H3. The third-order valence-corrected chi connectivity index (χ3v) is 7.58. The molecular weight excluding hydrogens is 422 g/mol. The van der Waals surface area contributed by atoms with Crippen molar-refractivity contribution < 1.29 is 9.59 Å². The maximum Gasteiger partial charge on any atom is 0.256 e. The van der Waals surface area contributed by atoms with Crippen molar-refractivity contribution in [3.8, 4) is 0 Å². The van der Waals surface area contributed by atoms with Gasteiger partial charge in [0.2, 0.25) is 5.91 Å². The number of hydrogen-bond donors (Lipinski definition) is 0. The molecule has 166 valence electrons. The minimum absolute atomic E-state index is 0.0271. The summed E-state index contributed by atoms with van der Waals surface area (Å²) in [6.07, 6.45) is 6.13. The van der Waals surface area contributed by atoms with Crippen LogP contribution in [-0.2, 0) is 23.2 Å². The van der Waals surface area contributed by atoms with Crippen molar-refractivity contribution in [3.05, 3.63) is 70.4 Å². The number of benzene rings is 2. The van der Waals surface area contributed by atoms with Crippen molar-refractivity contribution in [2.75, 3.05) is 27.2 Å². The van der Waals surface area contributed by atoms with Gasteiger partial charge in [-0.1, -0.05) is 41.9 Å². The smallest absolute Gasteiger partial charge is 0.256 e. The third-order valence-electron chi connectivity index (χ3n) is 7.35. The van der Waals surface area contributed by atoms with Crippen LogP contribution < -0.4 is 0 Å². The first-order valence-electron chi connectivity index (χ1n) is 11.2. The fourth-order valence-electron chi connectivity index (χ4n) is 5.45. The molecule has 5 rings (SSSR count). The van der Waals surface area contributed by atoms with E-state index in [4.69, 9.17) is 11.6 Å². The van der Waals surface area contributed by atoms with Crippen molar-refractivity contribution in [3.63, 3.8) is 0 Å². The van der Waals surface area contributed by atoms with Gasteiger partial charge in [0.1, 0.15) is 6.54 Å². The van der Waals surface area contributed by atoms with Crippen LogP contribution in [0.15, 0.2) is 48.7 Å². The van der Waals surface area contributed by atoms with Gasteiger partial charge in [-0.3, -0.25) is 9.59 Å². The predicted octanol–water partition coefficient (Wildman–Crippen LogP) is 4.50. The second-order valence-electron chi connectivity index (χ2n) is 9.35. The first-order valence-corrected chi connectivity index (χ1v) is 11.6. The fraction of sp³-hybridized carbons (Fsp3) is 0.385. The van der Waals surface area contributed by atoms with Gasteiger partial charge >= 0.3 is 0 Å². The zero-order valence-electron chi connectivity index (χ0n) is 18.6. The summed E-state index contributed by atoms with van der Waals surface area (Å²) in [6, 6.07) is 14.3. The van der Waals surface area contributed by atoms with Crippen LogP contribution in [0.1, 0.15) is 40.7 Å². The van der Waals surface area contributed by atoms with Crippen LogP contribution in [0.4, 0.5) is 0 Å². The zero-order valence-corrected chi connectivity index (χ0v) is 19.4. The Balaban J connectivity index is 1.41. The second-order valence-corrected chi connectivity index (χ2v) is 9.79. The molecule has 1 aromatic heterocycles. The highest BCUT2D eigenvalue weighted by atomic mass is 35.5. The molecule has 0 saturated carbocycles. The van der Waals surface area contributed by atoms with Gasteiger partial charge in [0.25, 0.3) is 5.91 Å². The molecule has 0 bridgehead atoms. The lowest BCUT2D eigenvalue weighted by Gasteiger charge is -2.40. The van der Waals surface area contributed by atoms with Gasteiger partial charge in [-0.05, 0) is 54.4 Å². The summed E-state index contributed by atoms with van der Waals surface area (Å²) >= 11 is 6.23. The van der Waals surface area contributed by atoms with Gasteiger partial charge in [-0.2, -0.15) is 0 Å². The number of rotatable bonds is 3. The first kappa shape index (κ1) is 21.1. The highest BCUT2D eigenvalue weighted by molar-refractivity contribution is 6.31. The normalized spacial score (nSPS) is 17.0. The number of carbonyl (C=O) groups is 2. The lowest BCUT2D eigenvalue weighted by molar-refractivity contribution is -0.129. The number of hydrogen-bond acceptors (Lipinski definition) is 2. The van der Waals surface area contributed by atoms with Crippen LogP contribution in [0.3, 0.4) is 0 Å². The third kappa shape index (κ3) is 3.49. The Morgan fingerprint density at radius 1 is 1.06 bits per heavy atom. The molecule has 6 heteroatoms. The molecule has 5 nitrogen and oxygen atoms in total. The Hall–Kier alpha value is -2.79. The maximum atomic E-state index is 13.6. The van der Waals surface area contributed by atoms with Gasteiger partial charge in [0.05, 0.1) is 11.1 Å². The van der Waals surface area contributed by atoms with Crippen molar-refractivity contribution in [2.24, 2.45) is 0 Å². The molecule has 2 amide bonds. The van der Waals surface area contributed by atoms with Crippen LogP contribution >= 0.6 is 11.6 Å². The highest BCUT2D eigenvalue weighted by Crippen LogP contribution is 2.46. The fourth-order valence-corrected chi connectivity index (χ4v) is 5.61. The SMILES string of the molecule is CN(C)C(=O)Cn1cc(C(=O)N2CCC3(CCc4ccccc43)CC2)c2ccc(Cl)cc21. The molecular formula is C26H28ClN3O2. The molecule has 1 aliphatic heterocycles. The number of fused-ring (bicyclic) bond motifs is 3. The summed E-state index contributed by atoms with van der Waals surface area (Å²) in [5, 5.41) is 1.44. The number of halogens is 1. The number of likely N-dealkylation sites (tertiary alicyclic amines) is 1. The molecule has 0 atom stereocenters. The van der Waals surface area contributed by atoms with E-state index in [2.05, 4.69) is 24.3 Å². The molecule has 1 fully saturated rings. The van der Waals surface area contributed by atoms with E-state index in [9.17, 15) is 9.59 Å². The Morgan fingerprint density at radius 3 is 2.56 bits per heavy atom. The molecule has 3 aromatic rings. The van der Waals surface area contributed by atoms with Crippen LogP contribution in [0, 0.1) is 0 Å². The summed E-state index contributed by atoms with van der Waals surface area (Å²) in [4.78, 5) is 29.4. The van der Waals surface area contributed by atoms with Gasteiger partial charge in [-0.25, -0.2) is 0 Å². The quantitative estimate of drug-likeness (QED) is 0.590. The van der Waals surface area contributed by atoms with Gasteiger partial charge in [-0.15, -0.1) is 0 Å². The number of aromatic nitrogens is 1. The molecule has 1 aliphatic carbocycles. The lowest BCUT2D eigenvalue weighted by Crippen LogP contribution is -2.44. The van der Waals surface area contributed by atoms with Gasteiger partial charge < -0.3 is 14.4 Å². The molecule has 1 spiro atoms. The summed E-state index contributed by atoms with van der Waals surface area (Å²) in [5.41, 5.74) is 4.63. The van der Waals surface area contributed by atoms with Crippen molar-refractivity contribution in [1.82, 2.24) is 14.4 Å². The van der Waals surface area contributed by atoms with Crippen LogP contribution in [0.25, 0.3) is 10.9 Å². The molecule has 1 saturated heterocycles. The van der Waals surface area contributed by atoms with Crippen LogP contribution in [0.2, 0.25) is 5.02 Å². The molecule has 2 aromatic carbocycles. The minimum Gasteiger partial charge on any atom is -0.347 e. The lowest BCUT2D eigenvalue weighted by atomic mass is 9.74. The van der Waals surface area contributed by atoms with E-state index < -0.39 is 0 Å². The minimum atomic E-state index is -0.0271. The largest absolute Gasteiger partial charge is 0.347 e. The van der Waals surface area contributed by atoms with E-state index >= 15 is 0 Å². The second kappa shape index (κ2) is 7.96. The van der Waals surface area contributed by atoms with Crippen molar-refractivity contribution in [1.29, 1.82) is 0 Å². The van der Waals surface area contributed by atoms with Crippen molar-refractivity contribution in [2.45, 2.75) is 37.6 Å². The topological polar surface area (TPSA) is 45.6 Å². The van der Waals surface area contributed by atoms with E-state index in [-0.39, 0.29) is 23.8 Å². The Morgan fingerprint density at radius 2 is 1.81 bits per heavy atom. The van der Waals surface area contributed by atoms with E-state index in [0.717, 1.165) is 43.3 Å². The van der Waals surface area contributed by atoms with Gasteiger partial charge in [0.15, 0.2) is 0 Å². The Kier molecular flexibility index (Phi) is 5.25. The zero-order chi connectivity index (χ0) is 22.5. The highest BCUT2D eigenvalue weighted by Gasteiger charge is 2.42. The average Bonchev–Trinajstić information content (AvgIpc) is 3.32. The van der Waals surface area contributed by atoms with Gasteiger partial charge in [0, 0.05) is 43.8 Å². The Bertz CT molecular complexity index is 1210. The maximum absolute atomic E-state index is 13.6. The number of piperidine rings is 1. The summed E-state index contributed by atoms with van der Waals surface area (Å²) in [7, 11) is 3.47.